The molecule has 0 rings (SSSR count). The fraction of sp³-hybridized carbons (Fsp3) is 0. The van der Waals surface area contributed by atoms with Crippen molar-refractivity contribution in [3.05, 3.63) is 0 Å². The molecule has 0 amide bonds. The quantitative estimate of drug-likeness (QED) is 0.349. The molecule has 0 bridgehead atoms. The Morgan fingerprint density at radius 2 is 0.625 bits per heavy atom. The Kier molecular flexibility index (Phi) is 21.6. The second-order valence-electron chi connectivity index (χ2n) is 0.324. The van der Waals surface area contributed by atoms with Crippen molar-refractivity contribution in [2.75, 3.05) is 0 Å². The average Bonchev–Trinajstić information content (AvgIpc) is 0.722. The van der Waals surface area contributed by atoms with E-state index in [9.17, 15) is 14.2 Å². The molecule has 0 aliphatic heterocycles. The summed E-state index contributed by atoms with van der Waals surface area (Å²) in [7, 11) is 0. The molecule has 0 saturated heterocycles. The van der Waals surface area contributed by atoms with E-state index in [1.807, 2.05) is 0 Å². The molecule has 0 aromatic rings. The van der Waals surface area contributed by atoms with E-state index < -0.39 is 14.7 Å². The molecule has 6 N–H and O–H groups in total. The van der Waals surface area contributed by atoms with Crippen molar-refractivity contribution in [3.8, 4) is 0 Å². The van der Waals surface area contributed by atoms with Crippen LogP contribution in [0.3, 0.4) is 0 Å². The Labute approximate surface area is 46.3 Å². The predicted octanol–water partition coefficient (Wildman–Crippen LogP) is -0.796. The van der Waals surface area contributed by atoms with Crippen LogP contribution in [0.5, 0.6) is 0 Å². The molecular formula is H6F4MnO3. The van der Waals surface area contributed by atoms with Gasteiger partial charge >= 0.3 is 28.9 Å². The summed E-state index contributed by atoms with van der Waals surface area (Å²) in [5.41, 5.74) is 0. The molecule has 0 saturated carbocycles. The van der Waals surface area contributed by atoms with Gasteiger partial charge in [-0.1, -0.05) is 0 Å². The zero-order valence-corrected chi connectivity index (χ0v) is 4.57. The van der Waals surface area contributed by atoms with Gasteiger partial charge in [-0.2, -0.15) is 0 Å². The molecule has 0 fully saturated rings. The van der Waals surface area contributed by atoms with Gasteiger partial charge in [0.15, 0.2) is 0 Å². The van der Waals surface area contributed by atoms with E-state index in [-0.39, 0.29) is 16.4 Å². The Morgan fingerprint density at radius 1 is 0.625 bits per heavy atom. The van der Waals surface area contributed by atoms with Gasteiger partial charge in [0, 0.05) is 0 Å². The van der Waals surface area contributed by atoms with Crippen LogP contribution in [-0.4, -0.2) is 16.4 Å². The summed E-state index contributed by atoms with van der Waals surface area (Å²) in [6.07, 6.45) is 0. The second kappa shape index (κ2) is 7.12. The van der Waals surface area contributed by atoms with Crippen LogP contribution < -0.4 is 0 Å². The first-order valence-electron chi connectivity index (χ1n) is 0.571. The fourth-order valence-corrected chi connectivity index (χ4v) is 0. The molecule has 0 aliphatic carbocycles. The first-order valence-corrected chi connectivity index (χ1v) is 2.36. The minimum absolute atomic E-state index is 0. The van der Waals surface area contributed by atoms with Crippen molar-refractivity contribution in [1.29, 1.82) is 0 Å². The van der Waals surface area contributed by atoms with Gasteiger partial charge in [0.2, 0.25) is 0 Å². The van der Waals surface area contributed by atoms with E-state index in [0.717, 1.165) is 0 Å². The van der Waals surface area contributed by atoms with Crippen LogP contribution in [-0.2, 0) is 14.7 Å². The van der Waals surface area contributed by atoms with E-state index >= 15 is 0 Å². The van der Waals surface area contributed by atoms with E-state index in [1.54, 1.807) is 0 Å². The van der Waals surface area contributed by atoms with Crippen molar-refractivity contribution in [2.24, 2.45) is 0 Å². The van der Waals surface area contributed by atoms with Gasteiger partial charge in [-0.3, -0.25) is 0 Å². The summed E-state index contributed by atoms with van der Waals surface area (Å²) in [5, 5.41) is 0. The molecule has 8 heavy (non-hydrogen) atoms. The summed E-state index contributed by atoms with van der Waals surface area (Å²) >= 11 is -6.62. The van der Waals surface area contributed by atoms with Gasteiger partial charge in [0.05, 0.1) is 0 Å². The van der Waals surface area contributed by atoms with Gasteiger partial charge in [-0.15, -0.1) is 0 Å². The summed E-state index contributed by atoms with van der Waals surface area (Å²) in [4.78, 5) is 0. The molecule has 3 nitrogen and oxygen atoms in total. The van der Waals surface area contributed by atoms with Crippen LogP contribution in [0.4, 0.5) is 14.2 Å². The van der Waals surface area contributed by atoms with E-state index in [2.05, 4.69) is 0 Å². The standard InChI is InChI=1S/4FH.Mn.3H2O/h4*1H;;3*1H2/q;;;;+4;;;/p-4. The normalized spacial score (nSPS) is 9.50. The van der Waals surface area contributed by atoms with Crippen molar-refractivity contribution in [1.82, 2.24) is 0 Å². The molecule has 0 radical (unpaired) electrons. The van der Waals surface area contributed by atoms with Gasteiger partial charge < -0.3 is 16.4 Å². The number of halogens is 4. The Bertz CT molecular complexity index is 26.8. The predicted molar refractivity (Wildman–Crippen MR) is 15.3 cm³/mol. The molecule has 0 aliphatic rings. The van der Waals surface area contributed by atoms with Crippen LogP contribution in [0.25, 0.3) is 0 Å². The van der Waals surface area contributed by atoms with Crippen molar-refractivity contribution in [2.45, 2.75) is 0 Å². The Hall–Kier alpha value is 0.119. The zero-order valence-electron chi connectivity index (χ0n) is 3.39. The topological polar surface area (TPSA) is 94.5 Å². The number of hydrogen-bond acceptors (Lipinski definition) is 0. The molecule has 0 aromatic carbocycles. The fourth-order valence-electron chi connectivity index (χ4n) is 0. The van der Waals surface area contributed by atoms with Crippen molar-refractivity contribution < 1.29 is 45.3 Å². The molecular weight excluding hydrogens is 179 g/mol. The first kappa shape index (κ1) is 24.3. The molecule has 0 atom stereocenters. The molecule has 59 valence electrons. The van der Waals surface area contributed by atoms with Crippen molar-refractivity contribution >= 4 is 0 Å². The third kappa shape index (κ3) is 11200. The monoisotopic (exact) mass is 185 g/mol. The molecule has 0 unspecified atom stereocenters. The molecule has 0 heterocycles. The van der Waals surface area contributed by atoms with Crippen LogP contribution >= 0.6 is 0 Å². The number of rotatable bonds is 0. The van der Waals surface area contributed by atoms with Gasteiger partial charge in [0.25, 0.3) is 0 Å². The first-order chi connectivity index (χ1) is 2.00. The van der Waals surface area contributed by atoms with Crippen LogP contribution in [0.1, 0.15) is 0 Å². The third-order valence-electron chi connectivity index (χ3n) is 0. The minimum atomic E-state index is -6.62. The van der Waals surface area contributed by atoms with Gasteiger partial charge in [-0.25, -0.2) is 0 Å². The second-order valence-corrected chi connectivity index (χ2v) is 1.34. The molecule has 0 spiro atoms. The van der Waals surface area contributed by atoms with E-state index in [1.165, 1.54) is 0 Å². The summed E-state index contributed by atoms with van der Waals surface area (Å²) in [5.74, 6) is 0. The van der Waals surface area contributed by atoms with Gasteiger partial charge in [0.1, 0.15) is 0 Å². The summed E-state index contributed by atoms with van der Waals surface area (Å²) in [6.45, 7) is 0. The summed E-state index contributed by atoms with van der Waals surface area (Å²) < 4.78 is 39.3. The Balaban J connectivity index is -0.0000000267. The van der Waals surface area contributed by atoms with Gasteiger partial charge in [-0.05, 0) is 0 Å². The van der Waals surface area contributed by atoms with Crippen LogP contribution in [0.2, 0.25) is 0 Å². The van der Waals surface area contributed by atoms with E-state index in [0.29, 0.717) is 0 Å². The number of hydrogen-bond donors (Lipinski definition) is 0. The van der Waals surface area contributed by atoms with Crippen molar-refractivity contribution in [3.63, 3.8) is 0 Å². The van der Waals surface area contributed by atoms with Crippen LogP contribution in [0.15, 0.2) is 0 Å². The zero-order chi connectivity index (χ0) is 4.50. The molecule has 8 heteroatoms. The SMILES string of the molecule is O.O.O.[F][Mn]([F])([F])[F]. The third-order valence-corrected chi connectivity index (χ3v) is 0. The Morgan fingerprint density at radius 3 is 0.625 bits per heavy atom. The maximum absolute atomic E-state index is 9.83. The maximum atomic E-state index is 9.83. The molecule has 0 aromatic heterocycles. The summed E-state index contributed by atoms with van der Waals surface area (Å²) in [6, 6.07) is 0. The average molecular weight is 185 g/mol. The van der Waals surface area contributed by atoms with E-state index in [4.69, 9.17) is 0 Å². The van der Waals surface area contributed by atoms with Crippen LogP contribution in [0, 0.1) is 0 Å².